The molecule has 0 bridgehead atoms. The van der Waals surface area contributed by atoms with Crippen LogP contribution < -0.4 is 10.6 Å². The van der Waals surface area contributed by atoms with Crippen LogP contribution in [-0.2, 0) is 0 Å². The molecular weight excluding hydrogens is 258 g/mol. The Labute approximate surface area is 130 Å². The fourth-order valence-corrected chi connectivity index (χ4v) is 2.62. The first-order valence-electron chi connectivity index (χ1n) is 7.89. The molecule has 0 aliphatic heterocycles. The topological polar surface area (TPSA) is 33.6 Å². The van der Waals surface area contributed by atoms with Crippen molar-refractivity contribution in [2.45, 2.75) is 47.1 Å². The van der Waals surface area contributed by atoms with E-state index in [0.29, 0.717) is 11.8 Å². The Morgan fingerprint density at radius 3 is 2.10 bits per heavy atom. The first-order valence-corrected chi connectivity index (χ1v) is 7.89. The van der Waals surface area contributed by atoms with Crippen molar-refractivity contribution in [2.75, 3.05) is 23.7 Å². The molecule has 2 N–H and O–H groups in total. The first-order chi connectivity index (χ1) is 9.88. The second-order valence-corrected chi connectivity index (χ2v) is 6.56. The maximum absolute atomic E-state index is 7.26. The average molecular weight is 287 g/mol. The van der Waals surface area contributed by atoms with E-state index in [9.17, 15) is 0 Å². The SMILES string of the molecule is [C-]#[N+]C(CC)c1ccc(N(CC(C)C)CC(C)C)c(N)c1. The molecule has 0 aliphatic carbocycles. The van der Waals surface area contributed by atoms with Gasteiger partial charge in [-0.1, -0.05) is 34.6 Å². The molecule has 0 aliphatic rings. The van der Waals surface area contributed by atoms with Gasteiger partial charge in [0.15, 0.2) is 0 Å². The van der Waals surface area contributed by atoms with Crippen LogP contribution in [-0.4, -0.2) is 13.1 Å². The van der Waals surface area contributed by atoms with Crippen LogP contribution in [0.1, 0.15) is 52.6 Å². The van der Waals surface area contributed by atoms with E-state index in [1.54, 1.807) is 0 Å². The van der Waals surface area contributed by atoms with Gasteiger partial charge in [0.2, 0.25) is 6.04 Å². The van der Waals surface area contributed by atoms with Crippen molar-refractivity contribution >= 4 is 11.4 Å². The summed E-state index contributed by atoms with van der Waals surface area (Å²) in [6.07, 6.45) is 0.823. The Kier molecular flexibility index (Phi) is 6.55. The number of nitrogens with two attached hydrogens (primary N) is 1. The lowest BCUT2D eigenvalue weighted by molar-refractivity contribution is 0.553. The summed E-state index contributed by atoms with van der Waals surface area (Å²) in [4.78, 5) is 6.04. The molecule has 1 aromatic rings. The lowest BCUT2D eigenvalue weighted by atomic mass is 10.0. The minimum atomic E-state index is -0.0787. The van der Waals surface area contributed by atoms with Crippen molar-refractivity contribution in [3.63, 3.8) is 0 Å². The van der Waals surface area contributed by atoms with E-state index in [2.05, 4.69) is 49.6 Å². The number of benzene rings is 1. The van der Waals surface area contributed by atoms with Crippen LogP contribution in [0, 0.1) is 18.4 Å². The van der Waals surface area contributed by atoms with Crippen LogP contribution in [0.2, 0.25) is 0 Å². The van der Waals surface area contributed by atoms with E-state index in [-0.39, 0.29) is 6.04 Å². The van der Waals surface area contributed by atoms with Crippen LogP contribution in [0.4, 0.5) is 11.4 Å². The molecule has 0 spiro atoms. The zero-order valence-electron chi connectivity index (χ0n) is 14.1. The molecular formula is C18H29N3. The largest absolute Gasteiger partial charge is 0.397 e. The summed E-state index contributed by atoms with van der Waals surface area (Å²) in [7, 11) is 0. The molecule has 0 saturated carbocycles. The Morgan fingerprint density at radius 2 is 1.71 bits per heavy atom. The summed E-state index contributed by atoms with van der Waals surface area (Å²) in [5.41, 5.74) is 9.19. The van der Waals surface area contributed by atoms with Gasteiger partial charge in [-0.15, -0.1) is 0 Å². The van der Waals surface area contributed by atoms with Gasteiger partial charge in [0.25, 0.3) is 0 Å². The van der Waals surface area contributed by atoms with Crippen molar-refractivity contribution in [1.29, 1.82) is 0 Å². The molecule has 116 valence electrons. The Morgan fingerprint density at radius 1 is 1.14 bits per heavy atom. The Bertz CT molecular complexity index is 476. The van der Waals surface area contributed by atoms with Gasteiger partial charge in [0.05, 0.1) is 11.4 Å². The summed E-state index contributed by atoms with van der Waals surface area (Å²) in [5, 5.41) is 0. The highest BCUT2D eigenvalue weighted by Gasteiger charge is 2.17. The van der Waals surface area contributed by atoms with E-state index < -0.39 is 0 Å². The molecule has 21 heavy (non-hydrogen) atoms. The third kappa shape index (κ3) is 4.97. The second-order valence-electron chi connectivity index (χ2n) is 6.56. The molecule has 0 heterocycles. The van der Waals surface area contributed by atoms with Crippen molar-refractivity contribution < 1.29 is 0 Å². The molecule has 0 amide bonds. The molecule has 0 saturated heterocycles. The highest BCUT2D eigenvalue weighted by atomic mass is 15.1. The molecule has 0 radical (unpaired) electrons. The molecule has 0 aromatic heterocycles. The van der Waals surface area contributed by atoms with Gasteiger partial charge < -0.3 is 15.5 Å². The lowest BCUT2D eigenvalue weighted by Crippen LogP contribution is -2.31. The number of hydrogen-bond donors (Lipinski definition) is 1. The Balaban J connectivity index is 3.07. The fraction of sp³-hybridized carbons (Fsp3) is 0.611. The van der Waals surface area contributed by atoms with E-state index in [0.717, 1.165) is 36.4 Å². The monoisotopic (exact) mass is 287 g/mol. The fourth-order valence-electron chi connectivity index (χ4n) is 2.62. The van der Waals surface area contributed by atoms with Crippen molar-refractivity contribution in [3.8, 4) is 0 Å². The summed E-state index contributed by atoms with van der Waals surface area (Å²) < 4.78 is 0. The maximum Gasteiger partial charge on any atom is 0.248 e. The molecule has 0 fully saturated rings. The third-order valence-electron chi connectivity index (χ3n) is 3.49. The number of nitrogens with zero attached hydrogens (tertiary/aromatic N) is 2. The number of nitrogen functional groups attached to an aromatic ring is 1. The normalized spacial score (nSPS) is 12.5. The molecule has 1 unspecified atom stereocenters. The minimum Gasteiger partial charge on any atom is -0.397 e. The van der Waals surface area contributed by atoms with Gasteiger partial charge in [0, 0.05) is 25.1 Å². The van der Waals surface area contributed by atoms with Crippen LogP contribution in [0.3, 0.4) is 0 Å². The summed E-state index contributed by atoms with van der Waals surface area (Å²) in [6.45, 7) is 20.2. The number of anilines is 2. The summed E-state index contributed by atoms with van der Waals surface area (Å²) >= 11 is 0. The van der Waals surface area contributed by atoms with Crippen molar-refractivity contribution in [3.05, 3.63) is 35.2 Å². The zero-order chi connectivity index (χ0) is 16.0. The van der Waals surface area contributed by atoms with Gasteiger partial charge in [-0.2, -0.15) is 0 Å². The quantitative estimate of drug-likeness (QED) is 0.579. The van der Waals surface area contributed by atoms with Gasteiger partial charge in [0.1, 0.15) is 0 Å². The summed E-state index contributed by atoms with van der Waals surface area (Å²) in [6, 6.07) is 6.05. The van der Waals surface area contributed by atoms with Crippen LogP contribution in [0.15, 0.2) is 18.2 Å². The van der Waals surface area contributed by atoms with Crippen LogP contribution in [0.25, 0.3) is 4.85 Å². The van der Waals surface area contributed by atoms with E-state index in [1.165, 1.54) is 0 Å². The standard InChI is InChI=1S/C18H29N3/c1-7-17(20-6)15-8-9-18(16(19)10-15)21(11-13(2)3)12-14(4)5/h8-10,13-14,17H,7,11-12,19H2,1-5H3. The molecule has 1 aromatic carbocycles. The lowest BCUT2D eigenvalue weighted by Gasteiger charge is -2.29. The van der Waals surface area contributed by atoms with Gasteiger partial charge in [-0.05, 0) is 30.0 Å². The van der Waals surface area contributed by atoms with E-state index in [4.69, 9.17) is 12.3 Å². The number of hydrogen-bond acceptors (Lipinski definition) is 2. The van der Waals surface area contributed by atoms with Gasteiger partial charge in [-0.25, -0.2) is 6.57 Å². The van der Waals surface area contributed by atoms with Crippen LogP contribution in [0.5, 0.6) is 0 Å². The van der Waals surface area contributed by atoms with E-state index >= 15 is 0 Å². The predicted octanol–water partition coefficient (Wildman–Crippen LogP) is 4.76. The highest BCUT2D eigenvalue weighted by molar-refractivity contribution is 5.69. The summed E-state index contributed by atoms with van der Waals surface area (Å²) in [5.74, 6) is 1.18. The van der Waals surface area contributed by atoms with Crippen LogP contribution >= 0.6 is 0 Å². The Hall–Kier alpha value is -1.69. The number of rotatable bonds is 7. The van der Waals surface area contributed by atoms with Gasteiger partial charge >= 0.3 is 0 Å². The van der Waals surface area contributed by atoms with E-state index in [1.807, 2.05) is 13.0 Å². The molecule has 1 rings (SSSR count). The first kappa shape index (κ1) is 17.4. The van der Waals surface area contributed by atoms with Gasteiger partial charge in [-0.3, -0.25) is 0 Å². The highest BCUT2D eigenvalue weighted by Crippen LogP contribution is 2.30. The predicted molar refractivity (Wildman–Crippen MR) is 92.4 cm³/mol. The second kappa shape index (κ2) is 7.93. The maximum atomic E-state index is 7.26. The zero-order valence-corrected chi connectivity index (χ0v) is 14.1. The third-order valence-corrected chi connectivity index (χ3v) is 3.49. The van der Waals surface area contributed by atoms with Crippen molar-refractivity contribution in [1.82, 2.24) is 0 Å². The average Bonchev–Trinajstić information content (AvgIpc) is 2.38. The smallest absolute Gasteiger partial charge is 0.248 e. The molecule has 3 heteroatoms. The van der Waals surface area contributed by atoms with Crippen molar-refractivity contribution in [2.24, 2.45) is 11.8 Å². The molecule has 3 nitrogen and oxygen atoms in total. The molecule has 1 atom stereocenters. The minimum absolute atomic E-state index is 0.0787.